The lowest BCUT2D eigenvalue weighted by Crippen LogP contribution is -2.09. The van der Waals surface area contributed by atoms with E-state index in [1.165, 1.54) is 5.57 Å². The van der Waals surface area contributed by atoms with Gasteiger partial charge in [0.05, 0.1) is 5.57 Å². The molecular formula is C15H20O2. The molecule has 0 bridgehead atoms. The first kappa shape index (κ1) is 13.5. The zero-order valence-corrected chi connectivity index (χ0v) is 10.7. The maximum Gasteiger partial charge on any atom is 0.338 e. The molecule has 0 aromatic carbocycles. The fraction of sp³-hybridized carbons (Fsp3) is 0.400. The Kier molecular flexibility index (Phi) is 5.47. The van der Waals surface area contributed by atoms with Crippen LogP contribution in [0.15, 0.2) is 47.6 Å². The number of hydrogen-bond acceptors (Lipinski definition) is 2. The minimum absolute atomic E-state index is 0.256. The smallest absolute Gasteiger partial charge is 0.338 e. The summed E-state index contributed by atoms with van der Waals surface area (Å²) >= 11 is 0. The van der Waals surface area contributed by atoms with Crippen molar-refractivity contribution in [3.05, 3.63) is 47.6 Å². The minimum atomic E-state index is -0.274. The van der Waals surface area contributed by atoms with E-state index in [4.69, 9.17) is 4.74 Å². The summed E-state index contributed by atoms with van der Waals surface area (Å²) in [5.41, 5.74) is 2.93. The van der Waals surface area contributed by atoms with Gasteiger partial charge in [-0.05, 0) is 44.8 Å². The Labute approximate surface area is 103 Å². The summed E-state index contributed by atoms with van der Waals surface area (Å²) in [6, 6.07) is 0. The molecule has 0 heterocycles. The van der Waals surface area contributed by atoms with Crippen LogP contribution < -0.4 is 0 Å². The van der Waals surface area contributed by atoms with Gasteiger partial charge in [-0.25, -0.2) is 4.79 Å². The van der Waals surface area contributed by atoms with Crippen molar-refractivity contribution in [3.63, 3.8) is 0 Å². The van der Waals surface area contributed by atoms with E-state index < -0.39 is 0 Å². The standard InChI is InChI=1S/C15H20O2/c1-4-11-17-15(16)14-10-9-12(2)7-5-6-8-13(14)3/h4,8-10H,1,5-7,11H2,2-3H3/b12-9+,13-8?,14-10?. The molecule has 0 aromatic heterocycles. The van der Waals surface area contributed by atoms with Crippen LogP contribution in [0, 0.1) is 0 Å². The van der Waals surface area contributed by atoms with Crippen molar-refractivity contribution in [1.29, 1.82) is 0 Å². The zero-order chi connectivity index (χ0) is 12.7. The second-order valence-electron chi connectivity index (χ2n) is 4.26. The molecule has 2 heteroatoms. The SMILES string of the molecule is C=CCOC(=O)C1=C/C=C(\C)CCCC=C1C. The van der Waals surface area contributed by atoms with Gasteiger partial charge in [0.1, 0.15) is 6.61 Å². The van der Waals surface area contributed by atoms with E-state index in [0.29, 0.717) is 5.57 Å². The maximum absolute atomic E-state index is 11.8. The molecule has 0 aliphatic heterocycles. The Morgan fingerprint density at radius 1 is 1.47 bits per heavy atom. The fourth-order valence-corrected chi connectivity index (χ4v) is 1.69. The van der Waals surface area contributed by atoms with E-state index in [1.54, 1.807) is 6.08 Å². The molecule has 92 valence electrons. The molecule has 0 amide bonds. The number of esters is 1. The van der Waals surface area contributed by atoms with E-state index in [2.05, 4.69) is 19.6 Å². The largest absolute Gasteiger partial charge is 0.458 e. The first-order chi connectivity index (χ1) is 8.15. The lowest BCUT2D eigenvalue weighted by molar-refractivity contribution is -0.137. The van der Waals surface area contributed by atoms with E-state index in [-0.39, 0.29) is 12.6 Å². The highest BCUT2D eigenvalue weighted by atomic mass is 16.5. The lowest BCUT2D eigenvalue weighted by Gasteiger charge is -2.06. The van der Waals surface area contributed by atoms with E-state index in [0.717, 1.165) is 24.8 Å². The molecule has 1 rings (SSSR count). The molecule has 0 saturated carbocycles. The van der Waals surface area contributed by atoms with Gasteiger partial charge in [0.2, 0.25) is 0 Å². The van der Waals surface area contributed by atoms with Crippen molar-refractivity contribution in [1.82, 2.24) is 0 Å². The number of carbonyl (C=O) groups excluding carboxylic acids is 1. The molecular weight excluding hydrogens is 212 g/mol. The van der Waals surface area contributed by atoms with Crippen molar-refractivity contribution in [2.75, 3.05) is 6.61 Å². The third-order valence-electron chi connectivity index (χ3n) is 2.74. The summed E-state index contributed by atoms with van der Waals surface area (Å²) < 4.78 is 5.08. The van der Waals surface area contributed by atoms with Crippen molar-refractivity contribution in [3.8, 4) is 0 Å². The fourth-order valence-electron chi connectivity index (χ4n) is 1.69. The van der Waals surface area contributed by atoms with Crippen LogP contribution >= 0.6 is 0 Å². The Hall–Kier alpha value is -1.57. The van der Waals surface area contributed by atoms with Gasteiger partial charge in [-0.3, -0.25) is 0 Å². The molecule has 0 radical (unpaired) electrons. The summed E-state index contributed by atoms with van der Waals surface area (Å²) in [5.74, 6) is -0.274. The summed E-state index contributed by atoms with van der Waals surface area (Å²) in [7, 11) is 0. The van der Waals surface area contributed by atoms with Gasteiger partial charge in [-0.15, -0.1) is 0 Å². The molecule has 0 fully saturated rings. The highest BCUT2D eigenvalue weighted by molar-refractivity contribution is 5.93. The van der Waals surface area contributed by atoms with Gasteiger partial charge >= 0.3 is 5.97 Å². The summed E-state index contributed by atoms with van der Waals surface area (Å²) in [6.45, 7) is 7.83. The van der Waals surface area contributed by atoms with Crippen molar-refractivity contribution in [2.45, 2.75) is 33.1 Å². The molecule has 0 spiro atoms. The predicted octanol–water partition coefficient (Wildman–Crippen LogP) is 3.72. The zero-order valence-electron chi connectivity index (χ0n) is 10.7. The van der Waals surface area contributed by atoms with Crippen LogP contribution in [-0.2, 0) is 9.53 Å². The summed E-state index contributed by atoms with van der Waals surface area (Å²) in [5, 5.41) is 0. The first-order valence-electron chi connectivity index (χ1n) is 5.97. The minimum Gasteiger partial charge on any atom is -0.458 e. The van der Waals surface area contributed by atoms with Gasteiger partial charge in [-0.1, -0.05) is 30.4 Å². The van der Waals surface area contributed by atoms with Gasteiger partial charge in [-0.2, -0.15) is 0 Å². The number of rotatable bonds is 3. The number of ether oxygens (including phenoxy) is 1. The van der Waals surface area contributed by atoms with Crippen LogP contribution in [0.2, 0.25) is 0 Å². The van der Waals surface area contributed by atoms with E-state index in [9.17, 15) is 4.79 Å². The van der Waals surface area contributed by atoms with Crippen LogP contribution in [-0.4, -0.2) is 12.6 Å². The average Bonchev–Trinajstić information content (AvgIpc) is 2.38. The van der Waals surface area contributed by atoms with Crippen LogP contribution in [0.25, 0.3) is 0 Å². The molecule has 0 N–H and O–H groups in total. The molecule has 0 aromatic rings. The van der Waals surface area contributed by atoms with Crippen molar-refractivity contribution in [2.24, 2.45) is 0 Å². The van der Waals surface area contributed by atoms with Crippen LogP contribution in [0.1, 0.15) is 33.1 Å². The van der Waals surface area contributed by atoms with Gasteiger partial charge in [0, 0.05) is 0 Å². The second-order valence-corrected chi connectivity index (χ2v) is 4.26. The first-order valence-corrected chi connectivity index (χ1v) is 5.97. The highest BCUT2D eigenvalue weighted by Gasteiger charge is 2.12. The van der Waals surface area contributed by atoms with Crippen molar-refractivity contribution >= 4 is 5.97 Å². The topological polar surface area (TPSA) is 26.3 Å². The second kappa shape index (κ2) is 6.89. The molecule has 17 heavy (non-hydrogen) atoms. The third-order valence-corrected chi connectivity index (χ3v) is 2.74. The molecule has 1 aliphatic rings. The lowest BCUT2D eigenvalue weighted by atomic mass is 10.1. The molecule has 0 atom stereocenters. The van der Waals surface area contributed by atoms with Gasteiger partial charge in [0.15, 0.2) is 0 Å². The van der Waals surface area contributed by atoms with Crippen LogP contribution in [0.3, 0.4) is 0 Å². The third kappa shape index (κ3) is 4.43. The number of hydrogen-bond donors (Lipinski definition) is 0. The molecule has 2 nitrogen and oxygen atoms in total. The van der Waals surface area contributed by atoms with Gasteiger partial charge in [0.25, 0.3) is 0 Å². The predicted molar refractivity (Wildman–Crippen MR) is 70.6 cm³/mol. The summed E-state index contributed by atoms with van der Waals surface area (Å²) in [6.07, 6.45) is 10.8. The molecule has 0 unspecified atom stereocenters. The Bertz CT molecular complexity index is 384. The number of carbonyl (C=O) groups is 1. The van der Waals surface area contributed by atoms with E-state index >= 15 is 0 Å². The number of allylic oxidation sites excluding steroid dienone is 4. The maximum atomic E-state index is 11.8. The Morgan fingerprint density at radius 2 is 2.24 bits per heavy atom. The average molecular weight is 232 g/mol. The van der Waals surface area contributed by atoms with Crippen LogP contribution in [0.5, 0.6) is 0 Å². The quantitative estimate of drug-likeness (QED) is 0.547. The van der Waals surface area contributed by atoms with Gasteiger partial charge < -0.3 is 4.74 Å². The van der Waals surface area contributed by atoms with Crippen molar-refractivity contribution < 1.29 is 9.53 Å². The summed E-state index contributed by atoms with van der Waals surface area (Å²) in [4.78, 5) is 11.8. The van der Waals surface area contributed by atoms with Crippen LogP contribution in [0.4, 0.5) is 0 Å². The van der Waals surface area contributed by atoms with E-state index in [1.807, 2.05) is 19.1 Å². The Morgan fingerprint density at radius 3 is 2.94 bits per heavy atom. The monoisotopic (exact) mass is 232 g/mol. The highest BCUT2D eigenvalue weighted by Crippen LogP contribution is 2.18. The molecule has 0 saturated heterocycles. The molecule has 1 aliphatic carbocycles. The Balaban J connectivity index is 2.92. The normalized spacial score (nSPS) is 19.8.